The normalized spacial score (nSPS) is 36.8. The highest BCUT2D eigenvalue weighted by Crippen LogP contribution is 2.50. The molecule has 0 saturated carbocycles. The average Bonchev–Trinajstić information content (AvgIpc) is 2.08. The molecule has 21 nitrogen and oxygen atoms in total. The predicted molar refractivity (Wildman–Crippen MR) is 316 cm³/mol. The molecule has 6 heterocycles. The molecule has 2 aromatic rings. The van der Waals surface area contributed by atoms with Crippen LogP contribution in [0.1, 0.15) is 117 Å². The van der Waals surface area contributed by atoms with Gasteiger partial charge in [0.1, 0.15) is 29.3 Å². The minimum absolute atomic E-state index is 0.0431. The van der Waals surface area contributed by atoms with Gasteiger partial charge in [0, 0.05) is 94.4 Å². The number of halogens is 2. The zero-order chi connectivity index (χ0) is 62.5. The summed E-state index contributed by atoms with van der Waals surface area (Å²) < 4.78 is 69.5. The van der Waals surface area contributed by atoms with Gasteiger partial charge in [0.05, 0.1) is 84.6 Å². The zero-order valence-corrected chi connectivity index (χ0v) is 53.9. The van der Waals surface area contributed by atoms with E-state index in [0.29, 0.717) is 67.5 Å². The van der Waals surface area contributed by atoms with Gasteiger partial charge in [-0.05, 0) is 91.2 Å². The molecule has 7 rings (SSSR count). The Bertz CT molecular complexity index is 2640. The number of thioether (sulfide) groups is 1. The number of urea groups is 1. The quantitative estimate of drug-likeness (QED) is 0.0821. The molecule has 5 saturated heterocycles. The second-order valence-corrected chi connectivity index (χ2v) is 26.2. The van der Waals surface area contributed by atoms with Crippen LogP contribution in [0.4, 0.5) is 4.79 Å². The second-order valence-electron chi connectivity index (χ2n) is 24.2. The fraction of sp³-hybridized carbons (Fsp3) is 0.738. The van der Waals surface area contributed by atoms with Crippen LogP contribution in [0, 0.1) is 29.6 Å². The van der Waals surface area contributed by atoms with E-state index in [-0.39, 0.29) is 59.9 Å². The minimum atomic E-state index is -1.49. The van der Waals surface area contributed by atoms with Crippen LogP contribution in [0.25, 0.3) is 0 Å². The number of aromatic nitrogens is 1. The average molecular weight is 1260 g/mol. The Kier molecular flexibility index (Phi) is 23.5. The van der Waals surface area contributed by atoms with Gasteiger partial charge >= 0.3 is 18.0 Å². The minimum Gasteiger partial charge on any atom is -0.493 e. The summed E-state index contributed by atoms with van der Waals surface area (Å²) in [5.74, 6) is -4.99. The smallest absolute Gasteiger partial charge is 0.320 e. The van der Waals surface area contributed by atoms with Gasteiger partial charge in [0.2, 0.25) is 0 Å². The van der Waals surface area contributed by atoms with Gasteiger partial charge in [0.25, 0.3) is 0 Å². The Labute approximate surface area is 514 Å². The SMILES string of the molecule is CC[C@H]1OC(=O)[C@H](C)[C@@H](O[C@H]2C[C@@](C)(OC)[C@@H](O)[C@H](C)O2)[C@H](C)[C@@H](O[C@@H]2O[C@H](C)C[C@H](N(C)C(=O)N3CCOCC3)[C@H]2O)[C@](C)(OC)C[C@@H](C)C(=O)[C@H](C)[C@H]2[C@H](SCCCOc3cc(C(=O)Cc4c(Cl)cncc4Cl)ccc3OC)C(=O)O[C@@]21C. The summed E-state index contributed by atoms with van der Waals surface area (Å²) >= 11 is 14.0. The molecule has 1 aromatic heterocycles. The molecular weight excluding hydrogens is 1170 g/mol. The maximum Gasteiger partial charge on any atom is 0.320 e. The van der Waals surface area contributed by atoms with E-state index >= 15 is 9.59 Å². The number of fused-ring (bicyclic) bond motifs is 1. The van der Waals surface area contributed by atoms with Crippen LogP contribution >= 0.6 is 35.0 Å². The molecule has 5 aliphatic rings. The van der Waals surface area contributed by atoms with Crippen molar-refractivity contribution in [2.24, 2.45) is 29.6 Å². The first-order valence-corrected chi connectivity index (χ1v) is 31.4. The zero-order valence-electron chi connectivity index (χ0n) is 51.5. The highest BCUT2D eigenvalue weighted by atomic mass is 35.5. The number of methoxy groups -OCH3 is 3. The monoisotopic (exact) mass is 1250 g/mol. The van der Waals surface area contributed by atoms with Crippen molar-refractivity contribution in [1.82, 2.24) is 14.8 Å². The maximum absolute atomic E-state index is 15.4. The fourth-order valence-corrected chi connectivity index (χ4v) is 15.1. The summed E-state index contributed by atoms with van der Waals surface area (Å²) in [5.41, 5.74) is -3.21. The van der Waals surface area contributed by atoms with Gasteiger partial charge in [0.15, 0.2) is 35.5 Å². The molecule has 5 aliphatic heterocycles. The fourth-order valence-electron chi connectivity index (χ4n) is 13.2. The Morgan fingerprint density at radius 1 is 0.882 bits per heavy atom. The van der Waals surface area contributed by atoms with Gasteiger partial charge in [-0.1, -0.05) is 50.9 Å². The second kappa shape index (κ2) is 29.2. The first-order chi connectivity index (χ1) is 40.2. The van der Waals surface area contributed by atoms with Crippen molar-refractivity contribution in [2.75, 3.05) is 67.0 Å². The van der Waals surface area contributed by atoms with Crippen molar-refractivity contribution >= 4 is 64.5 Å². The van der Waals surface area contributed by atoms with Gasteiger partial charge in [-0.25, -0.2) is 4.79 Å². The Balaban J connectivity index is 1.19. The van der Waals surface area contributed by atoms with E-state index in [0.717, 1.165) is 0 Å². The lowest BCUT2D eigenvalue weighted by Crippen LogP contribution is -2.62. The number of aliphatic hydroxyl groups excluding tert-OH is 2. The molecule has 0 unspecified atom stereocenters. The summed E-state index contributed by atoms with van der Waals surface area (Å²) in [6.45, 7) is 19.5. The van der Waals surface area contributed by atoms with E-state index in [9.17, 15) is 24.6 Å². The largest absolute Gasteiger partial charge is 0.493 e. The molecule has 19 atom stereocenters. The van der Waals surface area contributed by atoms with Gasteiger partial charge < -0.3 is 72.1 Å². The Morgan fingerprint density at radius 2 is 1.55 bits per heavy atom. The predicted octanol–water partition coefficient (Wildman–Crippen LogP) is 7.79. The number of Topliss-reactive ketones (excluding diaryl/α,β-unsaturated/α-hetero) is 2. The lowest BCUT2D eigenvalue weighted by Gasteiger charge is -2.50. The van der Waals surface area contributed by atoms with Crippen molar-refractivity contribution in [1.29, 1.82) is 0 Å². The molecular formula is C61H89Cl2N3O18S. The number of esters is 2. The topological polar surface area (TPSA) is 247 Å². The van der Waals surface area contributed by atoms with E-state index in [1.807, 2.05) is 20.8 Å². The molecule has 476 valence electrons. The lowest BCUT2D eigenvalue weighted by molar-refractivity contribution is -0.319. The third-order valence-electron chi connectivity index (χ3n) is 18.3. The third-order valence-corrected chi connectivity index (χ3v) is 20.3. The van der Waals surface area contributed by atoms with Crippen LogP contribution in [0.15, 0.2) is 30.6 Å². The van der Waals surface area contributed by atoms with Crippen LogP contribution in [0.5, 0.6) is 11.5 Å². The van der Waals surface area contributed by atoms with Crippen LogP contribution < -0.4 is 9.47 Å². The number of carbonyl (C=O) groups is 5. The highest BCUT2D eigenvalue weighted by Gasteiger charge is 2.62. The number of hydrogen-bond acceptors (Lipinski definition) is 20. The van der Waals surface area contributed by atoms with Crippen molar-refractivity contribution in [3.8, 4) is 11.5 Å². The first-order valence-electron chi connectivity index (χ1n) is 29.5. The Morgan fingerprint density at radius 3 is 2.19 bits per heavy atom. The van der Waals surface area contributed by atoms with Gasteiger partial charge in [-0.3, -0.25) is 24.2 Å². The number of rotatable bonds is 18. The van der Waals surface area contributed by atoms with Crippen molar-refractivity contribution in [2.45, 2.75) is 191 Å². The van der Waals surface area contributed by atoms with E-state index in [4.69, 9.17) is 75.3 Å². The molecule has 2 amide bonds. The van der Waals surface area contributed by atoms with Gasteiger partial charge in [-0.2, -0.15) is 0 Å². The lowest BCUT2D eigenvalue weighted by atomic mass is 9.70. The summed E-state index contributed by atoms with van der Waals surface area (Å²) in [4.78, 5) is 79.6. The number of aliphatic hydroxyl groups is 2. The van der Waals surface area contributed by atoms with Crippen LogP contribution in [-0.2, 0) is 63.4 Å². The molecule has 85 heavy (non-hydrogen) atoms. The molecule has 2 N–H and O–H groups in total. The van der Waals surface area contributed by atoms with Gasteiger partial charge in [-0.15, -0.1) is 11.8 Å². The van der Waals surface area contributed by atoms with Crippen molar-refractivity contribution in [3.05, 3.63) is 51.8 Å². The number of pyridine rings is 1. The number of ketones is 2. The molecule has 24 heteroatoms. The van der Waals surface area contributed by atoms with Crippen LogP contribution in [0.3, 0.4) is 0 Å². The van der Waals surface area contributed by atoms with Crippen molar-refractivity contribution in [3.63, 3.8) is 0 Å². The summed E-state index contributed by atoms with van der Waals surface area (Å²) in [7, 11) is 6.13. The molecule has 1 aromatic carbocycles. The number of carbonyl (C=O) groups excluding carboxylic acids is 5. The number of morpholine rings is 1. The number of hydrogen-bond donors (Lipinski definition) is 2. The van der Waals surface area contributed by atoms with E-state index in [2.05, 4.69) is 4.98 Å². The summed E-state index contributed by atoms with van der Waals surface area (Å²) in [6.07, 6.45) is -5.55. The number of nitrogens with zero attached hydrogens (tertiary/aromatic N) is 3. The first kappa shape index (κ1) is 68.6. The summed E-state index contributed by atoms with van der Waals surface area (Å²) in [6, 6.07) is 3.84. The van der Waals surface area contributed by atoms with Crippen molar-refractivity contribution < 1.29 is 86.3 Å². The number of amides is 2. The standard InChI is InChI=1S/C61H89Cl2N3O18S/c1-15-46-61(10)48(52(56(72)84-61)85-24-16-21-78-45-26-38(17-18-44(45)74-12)43(67)27-39-40(62)30-64-31-41(39)63)34(4)49(68)32(2)28-60(9,76-14)54(83-57-50(69)42(25-33(3)79-57)65(11)58(73)66-19-22-77-23-20-66)35(5)51(36(6)55(71)81-46)82-47-29-59(8,75-13)53(70)37(7)80-47/h17-18,26,30-37,42,46-48,50-54,57,69-70H,15-16,19-25,27-29H2,1-14H3/t32-,33-,34-,35+,36-,37+,42+,46-,47+,48+,50-,51+,52+,53+,54-,57+,59-,60-,61-/m1/s1. The van der Waals surface area contributed by atoms with E-state index < -0.39 is 125 Å². The molecule has 0 bridgehead atoms. The number of likely N-dealkylation sites (N-methyl/N-ethyl adjacent to an activating group) is 1. The highest BCUT2D eigenvalue weighted by molar-refractivity contribution is 8.00. The van der Waals surface area contributed by atoms with E-state index in [1.165, 1.54) is 50.4 Å². The van der Waals surface area contributed by atoms with Crippen LogP contribution in [-0.4, -0.2) is 205 Å². The molecule has 0 radical (unpaired) electrons. The number of ether oxygens (including phenoxy) is 11. The number of cyclic esters (lactones) is 1. The van der Waals surface area contributed by atoms with E-state index in [1.54, 1.807) is 78.6 Å². The molecule has 5 fully saturated rings. The third kappa shape index (κ3) is 15.1. The Hall–Kier alpha value is -3.91. The molecule has 0 spiro atoms. The maximum atomic E-state index is 15.4. The molecule has 0 aliphatic carbocycles. The summed E-state index contributed by atoms with van der Waals surface area (Å²) in [5, 5.41) is 23.2. The van der Waals surface area contributed by atoms with Crippen LogP contribution in [0.2, 0.25) is 10.0 Å². The number of benzene rings is 1.